The Morgan fingerprint density at radius 1 is 1.52 bits per heavy atom. The number of hydrogen-bond acceptors (Lipinski definition) is 5. The van der Waals surface area contributed by atoms with Gasteiger partial charge >= 0.3 is 0 Å². The Labute approximate surface area is 128 Å². The molecule has 0 saturated carbocycles. The average Bonchev–Trinajstić information content (AvgIpc) is 2.73. The van der Waals surface area contributed by atoms with Crippen LogP contribution in [0.25, 0.3) is 10.2 Å². The van der Waals surface area contributed by atoms with Crippen LogP contribution in [0.3, 0.4) is 0 Å². The molecule has 6 heteroatoms. The van der Waals surface area contributed by atoms with Gasteiger partial charge in [-0.25, -0.2) is 4.98 Å². The van der Waals surface area contributed by atoms with Gasteiger partial charge in [0.05, 0.1) is 5.69 Å². The molecule has 5 nitrogen and oxygen atoms in total. The summed E-state index contributed by atoms with van der Waals surface area (Å²) in [7, 11) is 2.10. The summed E-state index contributed by atoms with van der Waals surface area (Å²) in [5, 5.41) is 3.80. The highest BCUT2D eigenvalue weighted by Crippen LogP contribution is 2.34. The maximum atomic E-state index is 12.2. The molecule has 0 aromatic carbocycles. The van der Waals surface area contributed by atoms with Crippen LogP contribution < -0.4 is 11.1 Å². The molecule has 0 unspecified atom stereocenters. The van der Waals surface area contributed by atoms with Gasteiger partial charge in [-0.3, -0.25) is 4.79 Å². The molecule has 3 rings (SSSR count). The average molecular weight is 304 g/mol. The number of likely N-dealkylation sites (N-methyl/N-ethyl adjacent to an activating group) is 1. The van der Waals surface area contributed by atoms with Crippen molar-refractivity contribution in [2.75, 3.05) is 19.3 Å². The largest absolute Gasteiger partial charge is 0.397 e. The second-order valence-electron chi connectivity index (χ2n) is 5.91. The van der Waals surface area contributed by atoms with E-state index in [-0.39, 0.29) is 11.9 Å². The summed E-state index contributed by atoms with van der Waals surface area (Å²) in [5.74, 6) is -0.111. The van der Waals surface area contributed by atoms with E-state index in [1.165, 1.54) is 16.9 Å². The number of carbonyl (C=O) groups excluding carboxylic acids is 1. The Hall–Kier alpha value is -1.66. The first-order chi connectivity index (χ1) is 9.95. The lowest BCUT2D eigenvalue weighted by molar-refractivity contribution is 0.0948. The Balaban J connectivity index is 2.06. The summed E-state index contributed by atoms with van der Waals surface area (Å²) in [6, 6.07) is 2.20. The molecule has 3 heterocycles. The molecule has 0 aliphatic carbocycles. The third kappa shape index (κ3) is 2.61. The minimum Gasteiger partial charge on any atom is -0.397 e. The van der Waals surface area contributed by atoms with Gasteiger partial charge in [0.25, 0.3) is 5.91 Å². The van der Waals surface area contributed by atoms with Gasteiger partial charge in [0, 0.05) is 36.6 Å². The lowest BCUT2D eigenvalue weighted by atomic mass is 10.0. The minimum atomic E-state index is -0.111. The number of nitrogens with one attached hydrogen (secondary N) is 1. The van der Waals surface area contributed by atoms with Crippen LogP contribution in [0.4, 0.5) is 5.69 Å². The third-order valence-electron chi connectivity index (χ3n) is 3.69. The monoisotopic (exact) mass is 304 g/mol. The van der Waals surface area contributed by atoms with Crippen LogP contribution in [0.1, 0.15) is 34.8 Å². The van der Waals surface area contributed by atoms with E-state index in [0.29, 0.717) is 10.6 Å². The van der Waals surface area contributed by atoms with Crippen molar-refractivity contribution in [1.82, 2.24) is 15.2 Å². The third-order valence-corrected chi connectivity index (χ3v) is 4.80. The summed E-state index contributed by atoms with van der Waals surface area (Å²) in [5.41, 5.74) is 9.09. The molecule has 21 heavy (non-hydrogen) atoms. The van der Waals surface area contributed by atoms with Gasteiger partial charge in [-0.1, -0.05) is 0 Å². The number of hydrogen-bond donors (Lipinski definition) is 2. The van der Waals surface area contributed by atoms with Gasteiger partial charge in [0.2, 0.25) is 0 Å². The van der Waals surface area contributed by atoms with Gasteiger partial charge in [-0.2, -0.15) is 0 Å². The zero-order valence-corrected chi connectivity index (χ0v) is 13.4. The molecule has 112 valence electrons. The number of amides is 1. The summed E-state index contributed by atoms with van der Waals surface area (Å²) in [6.45, 7) is 5.79. The molecule has 1 amide bonds. The predicted molar refractivity (Wildman–Crippen MR) is 86.7 cm³/mol. The van der Waals surface area contributed by atoms with Crippen LogP contribution in [-0.2, 0) is 13.0 Å². The molecule has 0 fully saturated rings. The van der Waals surface area contributed by atoms with Crippen LogP contribution in [0.2, 0.25) is 0 Å². The van der Waals surface area contributed by atoms with E-state index in [0.717, 1.165) is 35.4 Å². The van der Waals surface area contributed by atoms with Crippen molar-refractivity contribution in [3.05, 3.63) is 22.2 Å². The van der Waals surface area contributed by atoms with Gasteiger partial charge in [-0.15, -0.1) is 11.3 Å². The smallest absolute Gasteiger partial charge is 0.263 e. The van der Waals surface area contributed by atoms with Gasteiger partial charge in [0.15, 0.2) is 0 Å². The number of nitrogen functional groups attached to an aromatic ring is 1. The normalized spacial score (nSPS) is 15.4. The molecule has 2 aromatic rings. The number of anilines is 1. The van der Waals surface area contributed by atoms with Crippen molar-refractivity contribution in [1.29, 1.82) is 0 Å². The molecule has 1 aliphatic heterocycles. The number of carbonyl (C=O) groups is 1. The van der Waals surface area contributed by atoms with Crippen molar-refractivity contribution < 1.29 is 4.79 Å². The van der Waals surface area contributed by atoms with E-state index in [2.05, 4.69) is 23.3 Å². The lowest BCUT2D eigenvalue weighted by Gasteiger charge is -2.24. The van der Waals surface area contributed by atoms with E-state index in [9.17, 15) is 4.79 Å². The van der Waals surface area contributed by atoms with Crippen molar-refractivity contribution in [3.8, 4) is 0 Å². The van der Waals surface area contributed by atoms with Crippen molar-refractivity contribution in [2.24, 2.45) is 0 Å². The summed E-state index contributed by atoms with van der Waals surface area (Å²) in [4.78, 5) is 20.6. The Morgan fingerprint density at radius 3 is 3.00 bits per heavy atom. The quantitative estimate of drug-likeness (QED) is 0.890. The molecule has 1 aliphatic rings. The van der Waals surface area contributed by atoms with Gasteiger partial charge in [0.1, 0.15) is 9.71 Å². The summed E-state index contributed by atoms with van der Waals surface area (Å²) >= 11 is 1.39. The van der Waals surface area contributed by atoms with E-state index in [1.54, 1.807) is 0 Å². The van der Waals surface area contributed by atoms with E-state index in [1.807, 2.05) is 13.8 Å². The number of pyridine rings is 1. The van der Waals surface area contributed by atoms with Crippen LogP contribution >= 0.6 is 11.3 Å². The predicted octanol–water partition coefficient (Wildman–Crippen LogP) is 2.00. The molecule has 0 spiro atoms. The second kappa shape index (κ2) is 5.27. The first-order valence-corrected chi connectivity index (χ1v) is 7.97. The van der Waals surface area contributed by atoms with E-state index in [4.69, 9.17) is 10.7 Å². The highest BCUT2D eigenvalue weighted by atomic mass is 32.1. The Kier molecular flexibility index (Phi) is 3.59. The van der Waals surface area contributed by atoms with Crippen molar-refractivity contribution >= 4 is 33.1 Å². The van der Waals surface area contributed by atoms with Crippen molar-refractivity contribution in [2.45, 2.75) is 32.9 Å². The van der Waals surface area contributed by atoms with Crippen molar-refractivity contribution in [3.63, 3.8) is 0 Å². The molecule has 3 N–H and O–H groups in total. The second-order valence-corrected chi connectivity index (χ2v) is 6.91. The van der Waals surface area contributed by atoms with Crippen LogP contribution in [-0.4, -0.2) is 35.4 Å². The Morgan fingerprint density at radius 2 is 2.29 bits per heavy atom. The number of rotatable bonds is 2. The zero-order chi connectivity index (χ0) is 15.1. The fourth-order valence-corrected chi connectivity index (χ4v) is 3.63. The summed E-state index contributed by atoms with van der Waals surface area (Å²) in [6.07, 6.45) is 0.951. The maximum absolute atomic E-state index is 12.2. The standard InChI is InChI=1S/C15H20N4OS/c1-8(2)17-14(20)13-12(16)10-6-9-7-19(3)5-4-11(9)18-15(10)21-13/h6,8H,4-5,7,16H2,1-3H3,(H,17,20). The molecule has 2 aromatic heterocycles. The van der Waals surface area contributed by atoms with Gasteiger partial charge in [-0.05, 0) is 32.5 Å². The number of nitrogens with zero attached hydrogens (tertiary/aromatic N) is 2. The number of nitrogens with two attached hydrogens (primary N) is 1. The molecular weight excluding hydrogens is 284 g/mol. The first-order valence-electron chi connectivity index (χ1n) is 7.16. The highest BCUT2D eigenvalue weighted by molar-refractivity contribution is 7.21. The number of aromatic nitrogens is 1. The first kappa shape index (κ1) is 14.3. The lowest BCUT2D eigenvalue weighted by Crippen LogP contribution is -2.29. The highest BCUT2D eigenvalue weighted by Gasteiger charge is 2.21. The molecule has 0 radical (unpaired) electrons. The van der Waals surface area contributed by atoms with Gasteiger partial charge < -0.3 is 16.0 Å². The summed E-state index contributed by atoms with van der Waals surface area (Å²) < 4.78 is 0. The number of thiophene rings is 1. The molecule has 0 atom stereocenters. The Bertz CT molecular complexity index is 707. The fourth-order valence-electron chi connectivity index (χ4n) is 2.63. The number of fused-ring (bicyclic) bond motifs is 2. The zero-order valence-electron chi connectivity index (χ0n) is 12.6. The molecule has 0 saturated heterocycles. The SMILES string of the molecule is CC(C)NC(=O)c1sc2nc3c(cc2c1N)CN(C)CC3. The molecule has 0 bridgehead atoms. The molecular formula is C15H20N4OS. The van der Waals surface area contributed by atoms with E-state index < -0.39 is 0 Å². The maximum Gasteiger partial charge on any atom is 0.263 e. The van der Waals surface area contributed by atoms with Crippen LogP contribution in [0.5, 0.6) is 0 Å². The fraction of sp³-hybridized carbons (Fsp3) is 0.467. The van der Waals surface area contributed by atoms with Crippen LogP contribution in [0, 0.1) is 0 Å². The topological polar surface area (TPSA) is 71.2 Å². The minimum absolute atomic E-state index is 0.0944. The van der Waals surface area contributed by atoms with E-state index >= 15 is 0 Å². The van der Waals surface area contributed by atoms with Crippen LogP contribution in [0.15, 0.2) is 6.07 Å².